The summed E-state index contributed by atoms with van der Waals surface area (Å²) in [6.07, 6.45) is 0.250. The predicted octanol–water partition coefficient (Wildman–Crippen LogP) is 3.40. The van der Waals surface area contributed by atoms with Crippen LogP contribution in [0, 0.1) is 0 Å². The van der Waals surface area contributed by atoms with Crippen molar-refractivity contribution in [3.63, 3.8) is 0 Å². The van der Waals surface area contributed by atoms with Crippen LogP contribution < -0.4 is 16.2 Å². The topological polar surface area (TPSA) is 174 Å². The van der Waals surface area contributed by atoms with Gasteiger partial charge in [-0.15, -0.1) is 0 Å². The maximum atomic E-state index is 13.0. The largest absolute Gasteiger partial charge is 0.392 e. The number of hydrogen-bond donors (Lipinski definition) is 4. The lowest BCUT2D eigenvalue weighted by molar-refractivity contribution is 0.102. The van der Waals surface area contributed by atoms with Gasteiger partial charge in [-0.05, 0) is 46.9 Å². The van der Waals surface area contributed by atoms with E-state index >= 15 is 0 Å². The molecule has 39 heavy (non-hydrogen) atoms. The van der Waals surface area contributed by atoms with Crippen molar-refractivity contribution in [2.45, 2.75) is 44.1 Å². The molecular weight excluding hydrogens is 516 g/mol. The minimum atomic E-state index is -3.80. The highest BCUT2D eigenvalue weighted by Gasteiger charge is 2.18. The van der Waals surface area contributed by atoms with Gasteiger partial charge in [-0.25, -0.2) is 18.5 Å². The highest BCUT2D eigenvalue weighted by atomic mass is 32.2. The first-order valence-corrected chi connectivity index (χ1v) is 13.7. The fourth-order valence-corrected chi connectivity index (χ4v) is 4.53. The first-order chi connectivity index (χ1) is 18.3. The van der Waals surface area contributed by atoms with Crippen molar-refractivity contribution < 1.29 is 18.3 Å². The van der Waals surface area contributed by atoms with Crippen LogP contribution in [0.1, 0.15) is 53.6 Å². The average molecular weight is 547 g/mol. The summed E-state index contributed by atoms with van der Waals surface area (Å²) in [4.78, 5) is 26.0. The number of nitrogen functional groups attached to an aromatic ring is 1. The molecule has 1 heterocycles. The molecule has 0 fully saturated rings. The van der Waals surface area contributed by atoms with Crippen LogP contribution in [0.15, 0.2) is 71.6 Å². The molecule has 11 heteroatoms. The Balaban J connectivity index is 1.61. The Hall–Kier alpha value is -4.19. The van der Waals surface area contributed by atoms with Gasteiger partial charge in [-0.3, -0.25) is 4.79 Å². The molecule has 0 bridgehead atoms. The SMILES string of the molecule is CC(C)(C)c1ccc(C(=O)Nc2cccc(-c3nc(N)nc(Cc4ccc(S(N)(=O)=O)cc4)n3)c2CO)cc1. The molecule has 0 unspecified atom stereocenters. The van der Waals surface area contributed by atoms with Crippen LogP contribution in [0.5, 0.6) is 0 Å². The zero-order valence-corrected chi connectivity index (χ0v) is 22.7. The Morgan fingerprint density at radius 3 is 2.21 bits per heavy atom. The van der Waals surface area contributed by atoms with Crippen molar-refractivity contribution in [1.29, 1.82) is 0 Å². The van der Waals surface area contributed by atoms with Crippen LogP contribution in [0.2, 0.25) is 0 Å². The number of amides is 1. The minimum absolute atomic E-state index is 0.00121. The minimum Gasteiger partial charge on any atom is -0.392 e. The van der Waals surface area contributed by atoms with Crippen LogP contribution in [0.4, 0.5) is 11.6 Å². The van der Waals surface area contributed by atoms with E-state index in [1.807, 2.05) is 12.1 Å². The van der Waals surface area contributed by atoms with Crippen LogP contribution >= 0.6 is 0 Å². The summed E-state index contributed by atoms with van der Waals surface area (Å²) in [5, 5.41) is 18.3. The van der Waals surface area contributed by atoms with E-state index in [2.05, 4.69) is 41.0 Å². The van der Waals surface area contributed by atoms with Gasteiger partial charge in [-0.1, -0.05) is 57.2 Å². The molecule has 4 rings (SSSR count). The van der Waals surface area contributed by atoms with Gasteiger partial charge in [0, 0.05) is 28.8 Å². The molecule has 0 aliphatic carbocycles. The van der Waals surface area contributed by atoms with Crippen LogP contribution in [0.3, 0.4) is 0 Å². The van der Waals surface area contributed by atoms with Gasteiger partial charge >= 0.3 is 0 Å². The zero-order chi connectivity index (χ0) is 28.4. The number of hydrogen-bond acceptors (Lipinski definition) is 8. The lowest BCUT2D eigenvalue weighted by Gasteiger charge is -2.19. The van der Waals surface area contributed by atoms with E-state index in [1.165, 1.54) is 12.1 Å². The monoisotopic (exact) mass is 546 g/mol. The second kappa shape index (κ2) is 10.9. The predicted molar refractivity (Wildman–Crippen MR) is 149 cm³/mol. The van der Waals surface area contributed by atoms with Crippen LogP contribution in [-0.4, -0.2) is 34.4 Å². The highest BCUT2D eigenvalue weighted by molar-refractivity contribution is 7.89. The van der Waals surface area contributed by atoms with Crippen molar-refractivity contribution in [2.24, 2.45) is 5.14 Å². The van der Waals surface area contributed by atoms with E-state index in [0.717, 1.165) is 11.1 Å². The fraction of sp³-hybridized carbons (Fsp3) is 0.214. The quantitative estimate of drug-likeness (QED) is 0.273. The summed E-state index contributed by atoms with van der Waals surface area (Å²) in [7, 11) is -3.80. The number of nitrogens with one attached hydrogen (secondary N) is 1. The number of anilines is 2. The van der Waals surface area contributed by atoms with Gasteiger partial charge in [0.15, 0.2) is 5.82 Å². The third-order valence-electron chi connectivity index (χ3n) is 6.15. The lowest BCUT2D eigenvalue weighted by Crippen LogP contribution is -2.15. The molecule has 202 valence electrons. The number of nitrogens with two attached hydrogens (primary N) is 2. The number of rotatable bonds is 7. The molecule has 0 aliphatic rings. The summed E-state index contributed by atoms with van der Waals surface area (Å²) in [6, 6.07) is 18.6. The third kappa shape index (κ3) is 6.63. The molecule has 0 atom stereocenters. The standard InChI is InChI=1S/C28H30N6O4S/c1-28(2,3)19-11-9-18(10-12-19)26(36)31-23-6-4-5-21(22(23)16-35)25-32-24(33-27(29)34-25)15-17-7-13-20(14-8-17)39(30,37)38/h4-14,35H,15-16H2,1-3H3,(H,31,36)(H2,30,37,38)(H2,29,32,33,34). The van der Waals surface area contributed by atoms with Gasteiger partial charge in [-0.2, -0.15) is 9.97 Å². The van der Waals surface area contributed by atoms with Crippen LogP contribution in [0.25, 0.3) is 11.4 Å². The molecule has 4 aromatic rings. The second-order valence-corrected chi connectivity index (χ2v) is 11.6. The zero-order valence-electron chi connectivity index (χ0n) is 21.8. The lowest BCUT2D eigenvalue weighted by atomic mass is 9.86. The summed E-state index contributed by atoms with van der Waals surface area (Å²) in [6.45, 7) is 5.92. The molecule has 0 saturated carbocycles. The number of carbonyl (C=O) groups is 1. The molecule has 0 aliphatic heterocycles. The Kier molecular flexibility index (Phi) is 7.77. The summed E-state index contributed by atoms with van der Waals surface area (Å²) >= 11 is 0. The van der Waals surface area contributed by atoms with Gasteiger partial charge < -0.3 is 16.2 Å². The van der Waals surface area contributed by atoms with Crippen molar-refractivity contribution >= 4 is 27.6 Å². The van der Waals surface area contributed by atoms with E-state index in [4.69, 9.17) is 10.9 Å². The Morgan fingerprint density at radius 1 is 0.949 bits per heavy atom. The van der Waals surface area contributed by atoms with Gasteiger partial charge in [0.1, 0.15) is 5.82 Å². The van der Waals surface area contributed by atoms with E-state index in [-0.39, 0.29) is 41.0 Å². The molecule has 1 amide bonds. The maximum absolute atomic E-state index is 13.0. The van der Waals surface area contributed by atoms with Crippen molar-refractivity contribution in [3.05, 3.63) is 94.8 Å². The number of sulfonamides is 1. The molecule has 0 spiro atoms. The average Bonchev–Trinajstić information content (AvgIpc) is 2.87. The molecule has 3 aromatic carbocycles. The maximum Gasteiger partial charge on any atom is 0.255 e. The van der Waals surface area contributed by atoms with E-state index in [0.29, 0.717) is 28.2 Å². The first-order valence-electron chi connectivity index (χ1n) is 12.1. The molecule has 6 N–H and O–H groups in total. The highest BCUT2D eigenvalue weighted by Crippen LogP contribution is 2.29. The smallest absolute Gasteiger partial charge is 0.255 e. The van der Waals surface area contributed by atoms with E-state index < -0.39 is 10.0 Å². The molecule has 1 aromatic heterocycles. The van der Waals surface area contributed by atoms with Gasteiger partial charge in [0.25, 0.3) is 5.91 Å². The first kappa shape index (κ1) is 27.8. The Labute approximate surface area is 227 Å². The Morgan fingerprint density at radius 2 is 1.62 bits per heavy atom. The fourth-order valence-electron chi connectivity index (χ4n) is 4.02. The van der Waals surface area contributed by atoms with E-state index in [1.54, 1.807) is 42.5 Å². The number of aliphatic hydroxyl groups excluding tert-OH is 1. The number of benzene rings is 3. The van der Waals surface area contributed by atoms with Crippen molar-refractivity contribution in [3.8, 4) is 11.4 Å². The second-order valence-electron chi connectivity index (χ2n) is 10.1. The number of aromatic nitrogens is 3. The number of primary sulfonamides is 1. The number of nitrogens with zero attached hydrogens (tertiary/aromatic N) is 3. The molecule has 0 radical (unpaired) electrons. The summed E-state index contributed by atoms with van der Waals surface area (Å²) < 4.78 is 23.0. The van der Waals surface area contributed by atoms with Crippen LogP contribution in [-0.2, 0) is 28.5 Å². The van der Waals surface area contributed by atoms with Crippen molar-refractivity contribution in [2.75, 3.05) is 11.1 Å². The van der Waals surface area contributed by atoms with E-state index in [9.17, 15) is 18.3 Å². The molecular formula is C28H30N6O4S. The summed E-state index contributed by atoms with van der Waals surface area (Å²) in [5.41, 5.74) is 9.59. The van der Waals surface area contributed by atoms with Gasteiger partial charge in [0.05, 0.1) is 11.5 Å². The molecule has 10 nitrogen and oxygen atoms in total. The Bertz CT molecular complexity index is 1610. The van der Waals surface area contributed by atoms with Gasteiger partial charge in [0.2, 0.25) is 16.0 Å². The summed E-state index contributed by atoms with van der Waals surface area (Å²) in [5.74, 6) is 0.237. The van der Waals surface area contributed by atoms with Crippen molar-refractivity contribution in [1.82, 2.24) is 15.0 Å². The molecule has 0 saturated heterocycles. The normalized spacial score (nSPS) is 11.8. The number of aliphatic hydroxyl groups is 1. The third-order valence-corrected chi connectivity index (χ3v) is 7.08. The number of carbonyl (C=O) groups excluding carboxylic acids is 1.